The fraction of sp³-hybridized carbons (Fsp3) is 0.353. The highest BCUT2D eigenvalue weighted by Gasteiger charge is 1.98. The van der Waals surface area contributed by atoms with Crippen LogP contribution in [0.2, 0.25) is 0 Å². The highest BCUT2D eigenvalue weighted by atomic mass is 16.5. The van der Waals surface area contributed by atoms with Crippen LogP contribution in [0.4, 0.5) is 0 Å². The second-order valence-corrected chi connectivity index (χ2v) is 4.90. The zero-order valence-electron chi connectivity index (χ0n) is 12.2. The Balaban J connectivity index is 1.81. The summed E-state index contributed by atoms with van der Waals surface area (Å²) < 4.78 is 5.57. The van der Waals surface area contributed by atoms with E-state index in [9.17, 15) is 0 Å². The second-order valence-electron chi connectivity index (χ2n) is 4.90. The molecule has 1 aromatic carbocycles. The van der Waals surface area contributed by atoms with Gasteiger partial charge >= 0.3 is 0 Å². The highest BCUT2D eigenvalue weighted by Crippen LogP contribution is 2.12. The predicted octanol–water partition coefficient (Wildman–Crippen LogP) is 3.47. The first-order valence-corrected chi connectivity index (χ1v) is 7.11. The van der Waals surface area contributed by atoms with Crippen molar-refractivity contribution in [1.82, 2.24) is 10.3 Å². The van der Waals surface area contributed by atoms with Gasteiger partial charge in [0.2, 0.25) is 0 Å². The summed E-state index contributed by atoms with van der Waals surface area (Å²) in [7, 11) is 0. The lowest BCUT2D eigenvalue weighted by atomic mass is 10.1. The van der Waals surface area contributed by atoms with E-state index in [1.54, 1.807) is 0 Å². The lowest BCUT2D eigenvalue weighted by Gasteiger charge is -2.08. The molecule has 0 aliphatic heterocycles. The van der Waals surface area contributed by atoms with Crippen LogP contribution in [0.15, 0.2) is 42.7 Å². The van der Waals surface area contributed by atoms with E-state index in [4.69, 9.17) is 4.74 Å². The molecule has 2 aromatic rings. The number of nitrogens with one attached hydrogen (secondary N) is 1. The molecule has 0 aliphatic rings. The second kappa shape index (κ2) is 7.65. The highest BCUT2D eigenvalue weighted by molar-refractivity contribution is 5.27. The van der Waals surface area contributed by atoms with Gasteiger partial charge in [0.1, 0.15) is 5.75 Å². The first-order valence-electron chi connectivity index (χ1n) is 7.11. The van der Waals surface area contributed by atoms with Crippen molar-refractivity contribution < 1.29 is 4.74 Å². The Morgan fingerprint density at radius 2 is 1.90 bits per heavy atom. The molecule has 3 nitrogen and oxygen atoms in total. The van der Waals surface area contributed by atoms with Crippen molar-refractivity contribution >= 4 is 0 Å². The Bertz CT molecular complexity index is 523. The molecule has 1 aromatic heterocycles. The van der Waals surface area contributed by atoms with Crippen LogP contribution in [0.25, 0.3) is 0 Å². The number of aryl methyl sites for hydroxylation is 1. The lowest BCUT2D eigenvalue weighted by Crippen LogP contribution is -2.13. The third-order valence-corrected chi connectivity index (χ3v) is 3.18. The molecular weight excluding hydrogens is 248 g/mol. The van der Waals surface area contributed by atoms with Crippen molar-refractivity contribution in [2.75, 3.05) is 6.61 Å². The first kappa shape index (κ1) is 14.5. The Labute approximate surface area is 121 Å². The van der Waals surface area contributed by atoms with Gasteiger partial charge in [-0.05, 0) is 48.2 Å². The fourth-order valence-electron chi connectivity index (χ4n) is 1.97. The SMILES string of the molecule is CCCOc1ccc(CNCc2ccncc2C)cc1. The molecule has 0 saturated heterocycles. The van der Waals surface area contributed by atoms with Crippen molar-refractivity contribution in [3.05, 3.63) is 59.4 Å². The van der Waals surface area contributed by atoms with Gasteiger partial charge in [-0.1, -0.05) is 19.1 Å². The Morgan fingerprint density at radius 1 is 1.10 bits per heavy atom. The summed E-state index contributed by atoms with van der Waals surface area (Å²) in [5.41, 5.74) is 3.78. The molecule has 0 aliphatic carbocycles. The van der Waals surface area contributed by atoms with Crippen molar-refractivity contribution in [3.8, 4) is 5.75 Å². The van der Waals surface area contributed by atoms with Crippen LogP contribution in [-0.4, -0.2) is 11.6 Å². The standard InChI is InChI=1S/C17H22N2O/c1-3-10-20-17-6-4-15(5-7-17)12-19-13-16-8-9-18-11-14(16)2/h4-9,11,19H,3,10,12-13H2,1-2H3. The Morgan fingerprint density at radius 3 is 2.60 bits per heavy atom. The minimum atomic E-state index is 0.777. The monoisotopic (exact) mass is 270 g/mol. The molecule has 1 N–H and O–H groups in total. The van der Waals surface area contributed by atoms with Gasteiger partial charge in [0.15, 0.2) is 0 Å². The van der Waals surface area contributed by atoms with Gasteiger partial charge in [0, 0.05) is 25.5 Å². The zero-order valence-corrected chi connectivity index (χ0v) is 12.2. The van der Waals surface area contributed by atoms with E-state index < -0.39 is 0 Å². The van der Waals surface area contributed by atoms with Crippen LogP contribution in [0.1, 0.15) is 30.0 Å². The van der Waals surface area contributed by atoms with Crippen LogP contribution in [-0.2, 0) is 13.1 Å². The number of rotatable bonds is 7. The number of nitrogens with zero attached hydrogens (tertiary/aromatic N) is 1. The van der Waals surface area contributed by atoms with E-state index >= 15 is 0 Å². The van der Waals surface area contributed by atoms with Gasteiger partial charge in [0.05, 0.1) is 6.61 Å². The Kier molecular flexibility index (Phi) is 5.56. The predicted molar refractivity (Wildman–Crippen MR) is 81.7 cm³/mol. The molecule has 0 saturated carbocycles. The topological polar surface area (TPSA) is 34.1 Å². The number of ether oxygens (including phenoxy) is 1. The van der Waals surface area contributed by atoms with Crippen LogP contribution >= 0.6 is 0 Å². The molecule has 106 valence electrons. The quantitative estimate of drug-likeness (QED) is 0.836. The summed E-state index contributed by atoms with van der Waals surface area (Å²) in [5.74, 6) is 0.945. The summed E-state index contributed by atoms with van der Waals surface area (Å²) >= 11 is 0. The number of hydrogen-bond donors (Lipinski definition) is 1. The summed E-state index contributed by atoms with van der Waals surface area (Å²) in [6, 6.07) is 10.3. The van der Waals surface area contributed by atoms with Gasteiger partial charge in [-0.2, -0.15) is 0 Å². The maximum Gasteiger partial charge on any atom is 0.119 e. The molecule has 0 spiro atoms. The van der Waals surface area contributed by atoms with Gasteiger partial charge in [-0.15, -0.1) is 0 Å². The average molecular weight is 270 g/mol. The fourth-order valence-corrected chi connectivity index (χ4v) is 1.97. The van der Waals surface area contributed by atoms with E-state index in [-0.39, 0.29) is 0 Å². The molecule has 0 atom stereocenters. The van der Waals surface area contributed by atoms with Crippen LogP contribution in [0.3, 0.4) is 0 Å². The molecule has 1 heterocycles. The van der Waals surface area contributed by atoms with Gasteiger partial charge in [-0.3, -0.25) is 4.98 Å². The molecule has 0 unspecified atom stereocenters. The zero-order chi connectivity index (χ0) is 14.2. The van der Waals surface area contributed by atoms with E-state index in [2.05, 4.69) is 42.3 Å². The number of hydrogen-bond acceptors (Lipinski definition) is 3. The first-order chi connectivity index (χ1) is 9.79. The van der Waals surface area contributed by atoms with Crippen LogP contribution in [0, 0.1) is 6.92 Å². The summed E-state index contributed by atoms with van der Waals surface area (Å²) in [5, 5.41) is 3.45. The smallest absolute Gasteiger partial charge is 0.119 e. The minimum absolute atomic E-state index is 0.777. The van der Waals surface area contributed by atoms with Gasteiger partial charge < -0.3 is 10.1 Å². The maximum atomic E-state index is 5.57. The van der Waals surface area contributed by atoms with E-state index in [0.717, 1.165) is 31.9 Å². The molecule has 0 radical (unpaired) electrons. The van der Waals surface area contributed by atoms with Crippen LogP contribution < -0.4 is 10.1 Å². The number of aromatic nitrogens is 1. The van der Waals surface area contributed by atoms with E-state index in [1.807, 2.05) is 24.5 Å². The summed E-state index contributed by atoms with van der Waals surface area (Å²) in [6.07, 6.45) is 4.77. The van der Waals surface area contributed by atoms with Gasteiger partial charge in [0.25, 0.3) is 0 Å². The number of benzene rings is 1. The van der Waals surface area contributed by atoms with E-state index in [0.29, 0.717) is 0 Å². The third kappa shape index (κ3) is 4.35. The number of pyridine rings is 1. The molecule has 20 heavy (non-hydrogen) atoms. The molecule has 0 bridgehead atoms. The molecule has 2 rings (SSSR count). The van der Waals surface area contributed by atoms with Crippen molar-refractivity contribution in [1.29, 1.82) is 0 Å². The third-order valence-electron chi connectivity index (χ3n) is 3.18. The summed E-state index contributed by atoms with van der Waals surface area (Å²) in [6.45, 7) is 6.69. The largest absolute Gasteiger partial charge is 0.494 e. The van der Waals surface area contributed by atoms with E-state index in [1.165, 1.54) is 16.7 Å². The normalized spacial score (nSPS) is 10.5. The van der Waals surface area contributed by atoms with Crippen molar-refractivity contribution in [2.24, 2.45) is 0 Å². The maximum absolute atomic E-state index is 5.57. The van der Waals surface area contributed by atoms with Crippen molar-refractivity contribution in [3.63, 3.8) is 0 Å². The average Bonchev–Trinajstić information content (AvgIpc) is 2.48. The molecule has 3 heteroatoms. The van der Waals surface area contributed by atoms with Gasteiger partial charge in [-0.25, -0.2) is 0 Å². The minimum Gasteiger partial charge on any atom is -0.494 e. The molecular formula is C17H22N2O. The van der Waals surface area contributed by atoms with Crippen LogP contribution in [0.5, 0.6) is 5.75 Å². The molecule has 0 fully saturated rings. The summed E-state index contributed by atoms with van der Waals surface area (Å²) in [4.78, 5) is 4.10. The lowest BCUT2D eigenvalue weighted by molar-refractivity contribution is 0.317. The Hall–Kier alpha value is -1.87. The van der Waals surface area contributed by atoms with Crippen molar-refractivity contribution in [2.45, 2.75) is 33.4 Å². The molecule has 0 amide bonds.